The van der Waals surface area contributed by atoms with Crippen molar-refractivity contribution < 1.29 is 14.3 Å². The van der Waals surface area contributed by atoms with E-state index in [0.29, 0.717) is 12.8 Å². The van der Waals surface area contributed by atoms with Crippen molar-refractivity contribution in [1.29, 1.82) is 0 Å². The third-order valence-electron chi connectivity index (χ3n) is 4.20. The average molecular weight is 327 g/mol. The van der Waals surface area contributed by atoms with Crippen molar-refractivity contribution in [3.63, 3.8) is 0 Å². The van der Waals surface area contributed by atoms with E-state index in [1.807, 2.05) is 0 Å². The first kappa shape index (κ1) is 22.1. The Hall–Kier alpha value is -0.860. The van der Waals surface area contributed by atoms with E-state index in [4.69, 9.17) is 4.74 Å². The van der Waals surface area contributed by atoms with Gasteiger partial charge in [0.05, 0.1) is 0 Å². The Kier molecular flexibility index (Phi) is 16.8. The van der Waals surface area contributed by atoms with Crippen LogP contribution in [0.25, 0.3) is 0 Å². The van der Waals surface area contributed by atoms with E-state index in [-0.39, 0.29) is 11.9 Å². The molecular weight excluding hydrogens is 288 g/mol. The maximum absolute atomic E-state index is 11.6. The minimum atomic E-state index is -0.345. The summed E-state index contributed by atoms with van der Waals surface area (Å²) in [6.45, 7) is 4.40. The Morgan fingerprint density at radius 1 is 0.522 bits per heavy atom. The van der Waals surface area contributed by atoms with Crippen LogP contribution in [0.2, 0.25) is 0 Å². The van der Waals surface area contributed by atoms with Crippen LogP contribution in [0.3, 0.4) is 0 Å². The van der Waals surface area contributed by atoms with Gasteiger partial charge in [-0.1, -0.05) is 90.9 Å². The number of esters is 2. The van der Waals surface area contributed by atoms with Crippen molar-refractivity contribution in [3.05, 3.63) is 0 Å². The zero-order valence-corrected chi connectivity index (χ0v) is 15.5. The van der Waals surface area contributed by atoms with E-state index in [2.05, 4.69) is 13.8 Å². The number of carbonyl (C=O) groups is 2. The van der Waals surface area contributed by atoms with E-state index < -0.39 is 0 Å². The maximum atomic E-state index is 11.6. The lowest BCUT2D eigenvalue weighted by molar-refractivity contribution is -0.159. The van der Waals surface area contributed by atoms with Crippen LogP contribution in [-0.4, -0.2) is 11.9 Å². The molecule has 0 aliphatic rings. The maximum Gasteiger partial charge on any atom is 0.313 e. The molecule has 0 unspecified atom stereocenters. The number of ether oxygens (including phenoxy) is 1. The fourth-order valence-electron chi connectivity index (χ4n) is 2.68. The summed E-state index contributed by atoms with van der Waals surface area (Å²) in [5.74, 6) is -0.686. The second kappa shape index (κ2) is 17.5. The summed E-state index contributed by atoms with van der Waals surface area (Å²) in [7, 11) is 0. The Labute approximate surface area is 143 Å². The first-order valence-electron chi connectivity index (χ1n) is 9.94. The Balaban J connectivity index is 3.34. The van der Waals surface area contributed by atoms with Gasteiger partial charge in [-0.05, 0) is 12.8 Å². The van der Waals surface area contributed by atoms with Gasteiger partial charge in [0.2, 0.25) is 0 Å². The van der Waals surface area contributed by atoms with Gasteiger partial charge in [0, 0.05) is 12.8 Å². The first-order valence-corrected chi connectivity index (χ1v) is 9.94. The van der Waals surface area contributed by atoms with Gasteiger partial charge in [-0.15, -0.1) is 0 Å². The lowest BCUT2D eigenvalue weighted by Gasteiger charge is -2.04. The van der Waals surface area contributed by atoms with Crippen LogP contribution in [-0.2, 0) is 14.3 Å². The summed E-state index contributed by atoms with van der Waals surface area (Å²) < 4.78 is 4.85. The minimum absolute atomic E-state index is 0.341. The lowest BCUT2D eigenvalue weighted by atomic mass is 10.1. The van der Waals surface area contributed by atoms with Crippen LogP contribution in [0.4, 0.5) is 0 Å². The summed E-state index contributed by atoms with van der Waals surface area (Å²) in [4.78, 5) is 23.1. The van der Waals surface area contributed by atoms with E-state index in [0.717, 1.165) is 32.1 Å². The molecule has 0 saturated heterocycles. The number of hydrogen-bond donors (Lipinski definition) is 0. The zero-order valence-electron chi connectivity index (χ0n) is 15.5. The van der Waals surface area contributed by atoms with Gasteiger partial charge in [0.15, 0.2) is 0 Å². The fraction of sp³-hybridized carbons (Fsp3) is 0.900. The Morgan fingerprint density at radius 2 is 0.826 bits per heavy atom. The molecule has 0 bridgehead atoms. The summed E-state index contributed by atoms with van der Waals surface area (Å²) in [6, 6.07) is 0. The number of carbonyl (C=O) groups excluding carboxylic acids is 2. The highest BCUT2D eigenvalue weighted by molar-refractivity contribution is 5.85. The molecule has 0 aromatic rings. The second-order valence-electron chi connectivity index (χ2n) is 6.59. The van der Waals surface area contributed by atoms with Gasteiger partial charge in [0.1, 0.15) is 0 Å². The molecule has 0 radical (unpaired) electrons. The molecule has 0 aliphatic carbocycles. The van der Waals surface area contributed by atoms with Gasteiger partial charge in [-0.25, -0.2) is 0 Å². The van der Waals surface area contributed by atoms with Crippen molar-refractivity contribution in [2.75, 3.05) is 0 Å². The molecule has 3 nitrogen and oxygen atoms in total. The van der Waals surface area contributed by atoms with Crippen LogP contribution >= 0.6 is 0 Å². The third-order valence-corrected chi connectivity index (χ3v) is 4.20. The highest BCUT2D eigenvalue weighted by Crippen LogP contribution is 2.11. The Bertz CT molecular complexity index is 287. The molecule has 0 rings (SSSR count). The monoisotopic (exact) mass is 326 g/mol. The molecule has 0 fully saturated rings. The van der Waals surface area contributed by atoms with Crippen molar-refractivity contribution in [3.8, 4) is 0 Å². The average Bonchev–Trinajstić information content (AvgIpc) is 2.53. The van der Waals surface area contributed by atoms with E-state index in [1.54, 1.807) is 0 Å². The molecule has 0 aromatic heterocycles. The molecule has 0 aliphatic heterocycles. The van der Waals surface area contributed by atoms with Gasteiger partial charge in [0.25, 0.3) is 0 Å². The third kappa shape index (κ3) is 17.3. The summed E-state index contributed by atoms with van der Waals surface area (Å²) in [6.07, 6.45) is 17.2. The van der Waals surface area contributed by atoms with E-state index in [9.17, 15) is 9.59 Å². The highest BCUT2D eigenvalue weighted by atomic mass is 16.6. The smallest absolute Gasteiger partial charge is 0.313 e. The molecule has 0 saturated carbocycles. The van der Waals surface area contributed by atoms with Crippen molar-refractivity contribution in [1.82, 2.24) is 0 Å². The largest absolute Gasteiger partial charge is 0.393 e. The van der Waals surface area contributed by atoms with Gasteiger partial charge in [-0.3, -0.25) is 9.59 Å². The minimum Gasteiger partial charge on any atom is -0.393 e. The first-order chi connectivity index (χ1) is 11.2. The molecule has 0 amide bonds. The SMILES string of the molecule is CCCCCCCCCCCC(=O)OC(=O)CCCCCCC. The molecule has 0 atom stereocenters. The van der Waals surface area contributed by atoms with E-state index in [1.165, 1.54) is 57.8 Å². The number of unbranched alkanes of at least 4 members (excludes halogenated alkanes) is 12. The Morgan fingerprint density at radius 3 is 1.17 bits per heavy atom. The molecule has 0 spiro atoms. The van der Waals surface area contributed by atoms with Crippen LogP contribution in [0.15, 0.2) is 0 Å². The van der Waals surface area contributed by atoms with Crippen LogP contribution in [0.1, 0.15) is 117 Å². The summed E-state index contributed by atoms with van der Waals surface area (Å²) in [5, 5.41) is 0. The normalized spacial score (nSPS) is 10.7. The molecular formula is C20H38O3. The molecule has 3 heteroatoms. The topological polar surface area (TPSA) is 43.4 Å². The summed E-state index contributed by atoms with van der Waals surface area (Å²) in [5.41, 5.74) is 0. The highest BCUT2D eigenvalue weighted by Gasteiger charge is 2.09. The van der Waals surface area contributed by atoms with Crippen LogP contribution < -0.4 is 0 Å². The quantitative estimate of drug-likeness (QED) is 0.189. The number of rotatable bonds is 16. The van der Waals surface area contributed by atoms with Gasteiger partial charge >= 0.3 is 11.9 Å². The second-order valence-corrected chi connectivity index (χ2v) is 6.59. The molecule has 0 heterocycles. The van der Waals surface area contributed by atoms with Crippen LogP contribution in [0.5, 0.6) is 0 Å². The standard InChI is InChI=1S/C20H38O3/c1-3-5-7-9-10-11-12-14-16-18-20(22)23-19(21)17-15-13-8-6-4-2/h3-18H2,1-2H3. The summed E-state index contributed by atoms with van der Waals surface area (Å²) >= 11 is 0. The molecule has 23 heavy (non-hydrogen) atoms. The predicted octanol–water partition coefficient (Wildman–Crippen LogP) is 6.34. The molecule has 136 valence electrons. The molecule has 0 aromatic carbocycles. The van der Waals surface area contributed by atoms with Crippen molar-refractivity contribution in [2.24, 2.45) is 0 Å². The zero-order chi connectivity index (χ0) is 17.2. The van der Waals surface area contributed by atoms with Crippen molar-refractivity contribution in [2.45, 2.75) is 117 Å². The van der Waals surface area contributed by atoms with E-state index >= 15 is 0 Å². The van der Waals surface area contributed by atoms with Gasteiger partial charge < -0.3 is 4.74 Å². The molecule has 0 N–H and O–H groups in total. The fourth-order valence-corrected chi connectivity index (χ4v) is 2.68. The lowest BCUT2D eigenvalue weighted by Crippen LogP contribution is -2.11. The van der Waals surface area contributed by atoms with Gasteiger partial charge in [-0.2, -0.15) is 0 Å². The van der Waals surface area contributed by atoms with Crippen molar-refractivity contribution >= 4 is 11.9 Å². The van der Waals surface area contributed by atoms with Crippen LogP contribution in [0, 0.1) is 0 Å². The number of hydrogen-bond acceptors (Lipinski definition) is 3. The predicted molar refractivity (Wildman–Crippen MR) is 96.3 cm³/mol.